The highest BCUT2D eigenvalue weighted by atomic mass is 16.3. The molecule has 2 N–H and O–H groups in total. The molecule has 0 radical (unpaired) electrons. The molecule has 0 spiro atoms. The summed E-state index contributed by atoms with van der Waals surface area (Å²) >= 11 is 0. The van der Waals surface area contributed by atoms with Gasteiger partial charge in [0, 0.05) is 25.2 Å². The third kappa shape index (κ3) is 4.96. The van der Waals surface area contributed by atoms with Crippen LogP contribution in [0, 0.1) is 5.92 Å². The first-order valence-electron chi connectivity index (χ1n) is 6.25. The predicted octanol–water partition coefficient (Wildman–Crippen LogP) is 1.08. The zero-order valence-electron chi connectivity index (χ0n) is 10.4. The Morgan fingerprint density at radius 1 is 1.40 bits per heavy atom. The van der Waals surface area contributed by atoms with Crippen LogP contribution in [0.3, 0.4) is 0 Å². The van der Waals surface area contributed by atoms with Crippen LogP contribution in [0.2, 0.25) is 0 Å². The SMILES string of the molecule is CCNC(CO)CN(CC1CC1)C(C)C. The van der Waals surface area contributed by atoms with Gasteiger partial charge in [0.05, 0.1) is 6.61 Å². The Hall–Kier alpha value is -0.120. The lowest BCUT2D eigenvalue weighted by molar-refractivity contribution is 0.153. The van der Waals surface area contributed by atoms with E-state index in [2.05, 4.69) is 31.0 Å². The largest absolute Gasteiger partial charge is 0.395 e. The van der Waals surface area contributed by atoms with Gasteiger partial charge in [-0.05, 0) is 39.2 Å². The molecule has 0 aromatic heterocycles. The van der Waals surface area contributed by atoms with E-state index in [-0.39, 0.29) is 12.6 Å². The summed E-state index contributed by atoms with van der Waals surface area (Å²) in [6.45, 7) is 9.91. The van der Waals surface area contributed by atoms with Crippen molar-refractivity contribution in [2.24, 2.45) is 5.92 Å². The van der Waals surface area contributed by atoms with Crippen molar-refractivity contribution in [2.75, 3.05) is 26.2 Å². The van der Waals surface area contributed by atoms with Gasteiger partial charge < -0.3 is 10.4 Å². The van der Waals surface area contributed by atoms with E-state index in [0.29, 0.717) is 6.04 Å². The second kappa shape index (κ2) is 6.46. The molecule has 0 amide bonds. The molecule has 0 saturated heterocycles. The van der Waals surface area contributed by atoms with Crippen molar-refractivity contribution >= 4 is 0 Å². The lowest BCUT2D eigenvalue weighted by Crippen LogP contribution is -2.46. The van der Waals surface area contributed by atoms with Crippen LogP contribution < -0.4 is 5.32 Å². The average Bonchev–Trinajstić information content (AvgIpc) is 2.99. The average molecular weight is 214 g/mol. The molecular weight excluding hydrogens is 188 g/mol. The van der Waals surface area contributed by atoms with E-state index in [4.69, 9.17) is 0 Å². The summed E-state index contributed by atoms with van der Waals surface area (Å²) in [5, 5.41) is 12.6. The monoisotopic (exact) mass is 214 g/mol. The van der Waals surface area contributed by atoms with E-state index in [9.17, 15) is 5.11 Å². The van der Waals surface area contributed by atoms with E-state index in [1.807, 2.05) is 0 Å². The van der Waals surface area contributed by atoms with Crippen molar-refractivity contribution in [2.45, 2.75) is 45.7 Å². The van der Waals surface area contributed by atoms with Gasteiger partial charge in [0.25, 0.3) is 0 Å². The number of aliphatic hydroxyl groups excluding tert-OH is 1. The lowest BCUT2D eigenvalue weighted by atomic mass is 10.2. The van der Waals surface area contributed by atoms with Gasteiger partial charge in [0.2, 0.25) is 0 Å². The fourth-order valence-corrected chi connectivity index (χ4v) is 1.89. The number of aliphatic hydroxyl groups is 1. The van der Waals surface area contributed by atoms with E-state index in [1.165, 1.54) is 19.4 Å². The molecule has 3 heteroatoms. The molecule has 0 aromatic carbocycles. The molecule has 0 bridgehead atoms. The van der Waals surface area contributed by atoms with Crippen LogP contribution in [0.4, 0.5) is 0 Å². The maximum absolute atomic E-state index is 9.25. The minimum Gasteiger partial charge on any atom is -0.395 e. The van der Waals surface area contributed by atoms with Crippen LogP contribution in [0.25, 0.3) is 0 Å². The molecule has 0 aromatic rings. The predicted molar refractivity (Wildman–Crippen MR) is 64.0 cm³/mol. The molecule has 90 valence electrons. The number of rotatable bonds is 8. The highest BCUT2D eigenvalue weighted by molar-refractivity contribution is 4.81. The van der Waals surface area contributed by atoms with Crippen molar-refractivity contribution in [3.63, 3.8) is 0 Å². The summed E-state index contributed by atoms with van der Waals surface area (Å²) in [6.07, 6.45) is 2.79. The molecule has 3 nitrogen and oxygen atoms in total. The summed E-state index contributed by atoms with van der Waals surface area (Å²) in [7, 11) is 0. The van der Waals surface area contributed by atoms with Crippen molar-refractivity contribution in [3.8, 4) is 0 Å². The number of nitrogens with zero attached hydrogens (tertiary/aromatic N) is 1. The van der Waals surface area contributed by atoms with Crippen molar-refractivity contribution < 1.29 is 5.11 Å². The van der Waals surface area contributed by atoms with Gasteiger partial charge in [-0.15, -0.1) is 0 Å². The summed E-state index contributed by atoms with van der Waals surface area (Å²) in [5.41, 5.74) is 0. The van der Waals surface area contributed by atoms with Crippen LogP contribution in [0.1, 0.15) is 33.6 Å². The summed E-state index contributed by atoms with van der Waals surface area (Å²) in [4.78, 5) is 2.49. The fraction of sp³-hybridized carbons (Fsp3) is 1.00. The quantitative estimate of drug-likeness (QED) is 0.634. The molecule has 0 aliphatic heterocycles. The topological polar surface area (TPSA) is 35.5 Å². The van der Waals surface area contributed by atoms with Crippen molar-refractivity contribution in [3.05, 3.63) is 0 Å². The van der Waals surface area contributed by atoms with Crippen LogP contribution in [-0.2, 0) is 0 Å². The Balaban J connectivity index is 2.33. The van der Waals surface area contributed by atoms with E-state index in [0.717, 1.165) is 19.0 Å². The standard InChI is InChI=1S/C12H26N2O/c1-4-13-12(9-15)8-14(10(2)3)7-11-5-6-11/h10-13,15H,4-9H2,1-3H3. The van der Waals surface area contributed by atoms with E-state index >= 15 is 0 Å². The van der Waals surface area contributed by atoms with Gasteiger partial charge in [0.15, 0.2) is 0 Å². The normalized spacial score (nSPS) is 18.8. The summed E-state index contributed by atoms with van der Waals surface area (Å²) in [5.74, 6) is 0.924. The lowest BCUT2D eigenvalue weighted by Gasteiger charge is -2.30. The highest BCUT2D eigenvalue weighted by Crippen LogP contribution is 2.30. The van der Waals surface area contributed by atoms with Gasteiger partial charge in [-0.1, -0.05) is 6.92 Å². The van der Waals surface area contributed by atoms with Gasteiger partial charge in [0.1, 0.15) is 0 Å². The summed E-state index contributed by atoms with van der Waals surface area (Å²) in [6, 6.07) is 0.814. The molecule has 1 atom stereocenters. The molecule has 0 heterocycles. The third-order valence-electron chi connectivity index (χ3n) is 3.09. The Bertz CT molecular complexity index is 169. The second-order valence-corrected chi connectivity index (χ2v) is 4.93. The number of likely N-dealkylation sites (N-methyl/N-ethyl adjacent to an activating group) is 1. The maximum atomic E-state index is 9.25. The Morgan fingerprint density at radius 2 is 2.07 bits per heavy atom. The Labute approximate surface area is 93.9 Å². The molecular formula is C12H26N2O. The molecule has 1 rings (SSSR count). The zero-order chi connectivity index (χ0) is 11.3. The van der Waals surface area contributed by atoms with Gasteiger partial charge >= 0.3 is 0 Å². The third-order valence-corrected chi connectivity index (χ3v) is 3.09. The smallest absolute Gasteiger partial charge is 0.0597 e. The van der Waals surface area contributed by atoms with E-state index < -0.39 is 0 Å². The van der Waals surface area contributed by atoms with Crippen LogP contribution in [0.15, 0.2) is 0 Å². The van der Waals surface area contributed by atoms with Gasteiger partial charge in [-0.25, -0.2) is 0 Å². The highest BCUT2D eigenvalue weighted by Gasteiger charge is 2.26. The van der Waals surface area contributed by atoms with Crippen molar-refractivity contribution in [1.29, 1.82) is 0 Å². The van der Waals surface area contributed by atoms with Gasteiger partial charge in [-0.2, -0.15) is 0 Å². The minimum atomic E-state index is 0.233. The summed E-state index contributed by atoms with van der Waals surface area (Å²) < 4.78 is 0. The Kier molecular flexibility index (Phi) is 5.58. The minimum absolute atomic E-state index is 0.233. The molecule has 1 aliphatic carbocycles. The van der Waals surface area contributed by atoms with Crippen molar-refractivity contribution in [1.82, 2.24) is 10.2 Å². The Morgan fingerprint density at radius 3 is 2.47 bits per heavy atom. The maximum Gasteiger partial charge on any atom is 0.0597 e. The first-order chi connectivity index (χ1) is 7.17. The van der Waals surface area contributed by atoms with Crippen LogP contribution in [-0.4, -0.2) is 48.3 Å². The van der Waals surface area contributed by atoms with Gasteiger partial charge in [-0.3, -0.25) is 4.90 Å². The fourth-order valence-electron chi connectivity index (χ4n) is 1.89. The molecule has 1 aliphatic rings. The van der Waals surface area contributed by atoms with Crippen LogP contribution in [0.5, 0.6) is 0 Å². The van der Waals surface area contributed by atoms with Crippen LogP contribution >= 0.6 is 0 Å². The molecule has 1 fully saturated rings. The number of hydrogen-bond donors (Lipinski definition) is 2. The number of hydrogen-bond acceptors (Lipinski definition) is 3. The molecule has 15 heavy (non-hydrogen) atoms. The second-order valence-electron chi connectivity index (χ2n) is 4.93. The number of nitrogens with one attached hydrogen (secondary N) is 1. The van der Waals surface area contributed by atoms with E-state index in [1.54, 1.807) is 0 Å². The first kappa shape index (κ1) is 12.9. The zero-order valence-corrected chi connectivity index (χ0v) is 10.4. The molecule has 1 unspecified atom stereocenters. The first-order valence-corrected chi connectivity index (χ1v) is 6.25. The molecule has 1 saturated carbocycles.